The summed E-state index contributed by atoms with van der Waals surface area (Å²) < 4.78 is 25.5. The molecule has 3 rings (SSSR count). The highest BCUT2D eigenvalue weighted by atomic mass is 32.2. The number of pyridine rings is 1. The van der Waals surface area contributed by atoms with Gasteiger partial charge in [0.2, 0.25) is 15.9 Å². The summed E-state index contributed by atoms with van der Waals surface area (Å²) >= 11 is 0. The first-order valence-corrected chi connectivity index (χ1v) is 10.6. The molecule has 0 saturated carbocycles. The van der Waals surface area contributed by atoms with Crippen LogP contribution in [-0.4, -0.2) is 31.6 Å². The van der Waals surface area contributed by atoms with Gasteiger partial charge in [0, 0.05) is 17.3 Å². The average molecular weight is 398 g/mol. The van der Waals surface area contributed by atoms with Gasteiger partial charge in [-0.15, -0.1) is 0 Å². The van der Waals surface area contributed by atoms with Gasteiger partial charge >= 0.3 is 0 Å². The Bertz CT molecular complexity index is 1120. The molecule has 0 aliphatic carbocycles. The fraction of sp³-hybridized carbons (Fsp3) is 0.200. The van der Waals surface area contributed by atoms with Crippen molar-refractivity contribution >= 4 is 43.9 Å². The first-order chi connectivity index (χ1) is 13.2. The fourth-order valence-corrected chi connectivity index (χ4v) is 3.41. The van der Waals surface area contributed by atoms with Gasteiger partial charge in [-0.25, -0.2) is 8.42 Å². The van der Waals surface area contributed by atoms with Crippen LogP contribution in [0.15, 0.2) is 54.7 Å². The molecule has 0 saturated heterocycles. The first kappa shape index (κ1) is 19.6. The van der Waals surface area contributed by atoms with Crippen molar-refractivity contribution in [2.24, 2.45) is 0 Å². The van der Waals surface area contributed by atoms with Gasteiger partial charge in [0.15, 0.2) is 0 Å². The lowest BCUT2D eigenvalue weighted by molar-refractivity contribution is -0.116. The molecule has 1 amide bonds. The number of carbonyl (C=O) groups is 1. The summed E-state index contributed by atoms with van der Waals surface area (Å²) in [6, 6.07) is 14.0. The number of hydrogen-bond donors (Lipinski definition) is 3. The highest BCUT2D eigenvalue weighted by Gasteiger charge is 2.15. The van der Waals surface area contributed by atoms with Gasteiger partial charge in [-0.1, -0.05) is 12.1 Å². The predicted octanol–water partition coefficient (Wildman–Crippen LogP) is 3.35. The maximum atomic E-state index is 12.6. The summed E-state index contributed by atoms with van der Waals surface area (Å²) in [7, 11) is -3.39. The van der Waals surface area contributed by atoms with E-state index >= 15 is 0 Å². The summed E-state index contributed by atoms with van der Waals surface area (Å²) in [4.78, 5) is 16.9. The van der Waals surface area contributed by atoms with Gasteiger partial charge in [0.1, 0.15) is 6.04 Å². The van der Waals surface area contributed by atoms with Crippen molar-refractivity contribution in [2.45, 2.75) is 19.9 Å². The van der Waals surface area contributed by atoms with Crippen LogP contribution in [0.25, 0.3) is 10.9 Å². The zero-order valence-corrected chi connectivity index (χ0v) is 16.7. The van der Waals surface area contributed by atoms with E-state index in [1.165, 1.54) is 0 Å². The molecule has 3 aromatic rings. The van der Waals surface area contributed by atoms with E-state index in [9.17, 15) is 13.2 Å². The maximum absolute atomic E-state index is 12.6. The van der Waals surface area contributed by atoms with Crippen LogP contribution < -0.4 is 15.4 Å². The minimum Gasteiger partial charge on any atom is -0.374 e. The summed E-state index contributed by atoms with van der Waals surface area (Å²) in [6.45, 7) is 3.55. The second kappa shape index (κ2) is 7.85. The number of benzene rings is 2. The lowest BCUT2D eigenvalue weighted by atomic mass is 10.1. The Balaban J connectivity index is 1.75. The second-order valence-corrected chi connectivity index (χ2v) is 8.38. The Morgan fingerprint density at radius 1 is 1.07 bits per heavy atom. The lowest BCUT2D eigenvalue weighted by Crippen LogP contribution is -2.32. The van der Waals surface area contributed by atoms with Crippen molar-refractivity contribution in [1.29, 1.82) is 0 Å². The highest BCUT2D eigenvalue weighted by Crippen LogP contribution is 2.23. The zero-order valence-electron chi connectivity index (χ0n) is 15.9. The summed E-state index contributed by atoms with van der Waals surface area (Å²) in [5, 5.41) is 6.88. The molecule has 2 aromatic carbocycles. The molecule has 0 bridgehead atoms. The van der Waals surface area contributed by atoms with Crippen molar-refractivity contribution in [3.05, 3.63) is 60.3 Å². The SMILES string of the molecule is Cc1ccc(NC(C)C(=O)Nc2cccc3ncccc23)cc1NS(C)(=O)=O. The number of carbonyl (C=O) groups excluding carboxylic acids is 1. The van der Waals surface area contributed by atoms with Crippen molar-refractivity contribution in [1.82, 2.24) is 4.98 Å². The number of anilines is 3. The minimum absolute atomic E-state index is 0.213. The Kier molecular flexibility index (Phi) is 5.51. The predicted molar refractivity (Wildman–Crippen MR) is 113 cm³/mol. The van der Waals surface area contributed by atoms with Gasteiger partial charge in [-0.3, -0.25) is 14.5 Å². The molecule has 0 aliphatic rings. The summed E-state index contributed by atoms with van der Waals surface area (Å²) in [5.74, 6) is -0.213. The van der Waals surface area contributed by atoms with Crippen LogP contribution in [0.3, 0.4) is 0 Å². The van der Waals surface area contributed by atoms with Gasteiger partial charge < -0.3 is 10.6 Å². The largest absolute Gasteiger partial charge is 0.374 e. The fourth-order valence-electron chi connectivity index (χ4n) is 2.79. The molecule has 0 radical (unpaired) electrons. The third-order valence-corrected chi connectivity index (χ3v) is 4.80. The molecule has 1 unspecified atom stereocenters. The van der Waals surface area contributed by atoms with E-state index in [2.05, 4.69) is 20.3 Å². The molecule has 3 N–H and O–H groups in total. The molecule has 1 aromatic heterocycles. The third-order valence-electron chi connectivity index (χ3n) is 4.21. The van der Waals surface area contributed by atoms with E-state index in [0.717, 1.165) is 22.7 Å². The van der Waals surface area contributed by atoms with Gasteiger partial charge in [0.25, 0.3) is 0 Å². The number of rotatable bonds is 6. The van der Waals surface area contributed by atoms with Crippen molar-refractivity contribution in [3.63, 3.8) is 0 Å². The molecule has 0 spiro atoms. The van der Waals surface area contributed by atoms with Crippen LogP contribution in [0.4, 0.5) is 17.1 Å². The number of hydrogen-bond acceptors (Lipinski definition) is 5. The van der Waals surface area contributed by atoms with Gasteiger partial charge in [-0.2, -0.15) is 0 Å². The van der Waals surface area contributed by atoms with Gasteiger partial charge in [0.05, 0.1) is 23.1 Å². The minimum atomic E-state index is -3.39. The van der Waals surface area contributed by atoms with Crippen molar-refractivity contribution < 1.29 is 13.2 Å². The van der Waals surface area contributed by atoms with Gasteiger partial charge in [-0.05, 0) is 55.8 Å². The Hall–Kier alpha value is -3.13. The molecule has 0 fully saturated rings. The lowest BCUT2D eigenvalue weighted by Gasteiger charge is -2.17. The van der Waals surface area contributed by atoms with Crippen LogP contribution >= 0.6 is 0 Å². The number of aryl methyl sites for hydroxylation is 1. The standard InChI is InChI=1S/C20H22N4O3S/c1-13-9-10-15(12-19(13)24-28(3,26)27)22-14(2)20(25)23-18-8-4-7-17-16(18)6-5-11-21-17/h4-12,14,22,24H,1-3H3,(H,23,25). The molecular weight excluding hydrogens is 376 g/mol. The number of aromatic nitrogens is 1. The number of fused-ring (bicyclic) bond motifs is 1. The molecular formula is C20H22N4O3S. The third kappa shape index (κ3) is 4.77. The number of sulfonamides is 1. The van der Waals surface area contributed by atoms with E-state index in [-0.39, 0.29) is 5.91 Å². The van der Waals surface area contributed by atoms with Crippen LogP contribution in [0.1, 0.15) is 12.5 Å². The van der Waals surface area contributed by atoms with E-state index in [4.69, 9.17) is 0 Å². The molecule has 28 heavy (non-hydrogen) atoms. The molecule has 1 heterocycles. The Morgan fingerprint density at radius 2 is 1.86 bits per heavy atom. The van der Waals surface area contributed by atoms with E-state index in [1.54, 1.807) is 31.3 Å². The van der Waals surface area contributed by atoms with Crippen LogP contribution in [0, 0.1) is 6.92 Å². The molecule has 0 aliphatic heterocycles. The smallest absolute Gasteiger partial charge is 0.246 e. The zero-order chi connectivity index (χ0) is 20.3. The quantitative estimate of drug-likeness (QED) is 0.591. The van der Waals surface area contributed by atoms with E-state index < -0.39 is 16.1 Å². The van der Waals surface area contributed by atoms with Crippen molar-refractivity contribution in [2.75, 3.05) is 21.6 Å². The molecule has 146 valence electrons. The summed E-state index contributed by atoms with van der Waals surface area (Å²) in [6.07, 6.45) is 2.80. The summed E-state index contributed by atoms with van der Waals surface area (Å²) in [5.41, 5.74) is 3.39. The van der Waals surface area contributed by atoms with Crippen LogP contribution in [0.2, 0.25) is 0 Å². The number of amides is 1. The number of nitrogens with one attached hydrogen (secondary N) is 3. The van der Waals surface area contributed by atoms with E-state index in [0.29, 0.717) is 17.1 Å². The van der Waals surface area contributed by atoms with Crippen LogP contribution in [-0.2, 0) is 14.8 Å². The maximum Gasteiger partial charge on any atom is 0.246 e. The Morgan fingerprint density at radius 3 is 2.61 bits per heavy atom. The second-order valence-electron chi connectivity index (χ2n) is 6.63. The number of nitrogens with zero attached hydrogens (tertiary/aromatic N) is 1. The molecule has 7 nitrogen and oxygen atoms in total. The van der Waals surface area contributed by atoms with Crippen LogP contribution in [0.5, 0.6) is 0 Å². The Labute approximate surface area is 164 Å². The molecule has 1 atom stereocenters. The highest BCUT2D eigenvalue weighted by molar-refractivity contribution is 7.92. The van der Waals surface area contributed by atoms with Crippen molar-refractivity contribution in [3.8, 4) is 0 Å². The monoisotopic (exact) mass is 398 g/mol. The average Bonchev–Trinajstić information content (AvgIpc) is 2.63. The van der Waals surface area contributed by atoms with E-state index in [1.807, 2.05) is 37.3 Å². The topological polar surface area (TPSA) is 100 Å². The molecule has 8 heteroatoms. The normalized spacial score (nSPS) is 12.4. The first-order valence-electron chi connectivity index (χ1n) is 8.72.